The standard InChI is InChI=1S/C24H22N2O8/c1-25-21(27)11-7-9-13(19(33-5)15(11)23(25)29)18(32-4)10-8-12-16(24(30)26(2)22(12)28)20(34-6)14(10)17(9)31-3/h7,12H,8H2,1-6H3. The molecule has 0 bridgehead atoms. The van der Waals surface area contributed by atoms with Gasteiger partial charge < -0.3 is 18.9 Å². The first kappa shape index (κ1) is 21.7. The van der Waals surface area contributed by atoms with Gasteiger partial charge in [0.2, 0.25) is 5.91 Å². The van der Waals surface area contributed by atoms with Gasteiger partial charge in [0.05, 0.1) is 62.0 Å². The summed E-state index contributed by atoms with van der Waals surface area (Å²) in [6.07, 6.45) is 0.162. The van der Waals surface area contributed by atoms with Gasteiger partial charge in [-0.15, -0.1) is 0 Å². The zero-order valence-electron chi connectivity index (χ0n) is 19.5. The summed E-state index contributed by atoms with van der Waals surface area (Å²) in [4.78, 5) is 53.5. The molecule has 2 aliphatic heterocycles. The van der Waals surface area contributed by atoms with Gasteiger partial charge in [-0.2, -0.15) is 0 Å². The van der Waals surface area contributed by atoms with E-state index in [1.165, 1.54) is 42.5 Å². The smallest absolute Gasteiger partial charge is 0.265 e. The summed E-state index contributed by atoms with van der Waals surface area (Å²) in [5, 5.41) is 0.878. The third-order valence-electron chi connectivity index (χ3n) is 6.82. The van der Waals surface area contributed by atoms with Crippen LogP contribution in [-0.4, -0.2) is 76.0 Å². The molecule has 0 N–H and O–H groups in total. The average molecular weight is 466 g/mol. The van der Waals surface area contributed by atoms with E-state index in [-0.39, 0.29) is 40.5 Å². The number of likely N-dealkylation sites (tertiary alicyclic amines) is 1. The molecule has 1 fully saturated rings. The van der Waals surface area contributed by atoms with Crippen LogP contribution in [0.4, 0.5) is 0 Å². The van der Waals surface area contributed by atoms with Crippen molar-refractivity contribution in [1.29, 1.82) is 0 Å². The number of hydrogen-bond donors (Lipinski definition) is 0. The first-order chi connectivity index (χ1) is 16.2. The maximum absolute atomic E-state index is 12.9. The van der Waals surface area contributed by atoms with Crippen LogP contribution in [0.3, 0.4) is 0 Å². The van der Waals surface area contributed by atoms with Gasteiger partial charge in [-0.1, -0.05) is 0 Å². The number of likely N-dealkylation sites (N-methyl/N-ethyl adjacent to an activating group) is 1. The van der Waals surface area contributed by atoms with Crippen LogP contribution in [0.15, 0.2) is 11.6 Å². The van der Waals surface area contributed by atoms with E-state index in [0.29, 0.717) is 33.4 Å². The van der Waals surface area contributed by atoms with Gasteiger partial charge in [0.15, 0.2) is 0 Å². The van der Waals surface area contributed by atoms with Crippen LogP contribution in [0.2, 0.25) is 0 Å². The Morgan fingerprint density at radius 3 is 2.00 bits per heavy atom. The van der Waals surface area contributed by atoms with E-state index in [0.717, 1.165) is 9.80 Å². The number of carbonyl (C=O) groups is 4. The summed E-state index contributed by atoms with van der Waals surface area (Å²) >= 11 is 0. The molecule has 5 rings (SSSR count). The number of amides is 4. The van der Waals surface area contributed by atoms with Crippen LogP contribution < -0.4 is 14.2 Å². The molecule has 2 aromatic rings. The molecule has 1 aliphatic carbocycles. The second kappa shape index (κ2) is 7.21. The molecule has 10 heteroatoms. The first-order valence-electron chi connectivity index (χ1n) is 10.5. The van der Waals surface area contributed by atoms with Crippen LogP contribution in [0.1, 0.15) is 31.8 Å². The lowest BCUT2D eigenvalue weighted by atomic mass is 9.80. The number of benzene rings is 2. The molecule has 0 radical (unpaired) electrons. The Kier molecular flexibility index (Phi) is 4.61. The van der Waals surface area contributed by atoms with Gasteiger partial charge in [0, 0.05) is 25.0 Å². The van der Waals surface area contributed by atoms with Crippen molar-refractivity contribution in [1.82, 2.24) is 9.80 Å². The molecule has 1 saturated heterocycles. The fourth-order valence-corrected chi connectivity index (χ4v) is 5.28. The number of methoxy groups -OCH3 is 4. The van der Waals surface area contributed by atoms with E-state index in [1.54, 1.807) is 6.07 Å². The summed E-state index contributed by atoms with van der Waals surface area (Å²) in [6, 6.07) is 1.57. The molecule has 1 unspecified atom stereocenters. The third kappa shape index (κ3) is 2.39. The van der Waals surface area contributed by atoms with E-state index in [9.17, 15) is 19.2 Å². The number of nitrogens with zero attached hydrogens (tertiary/aromatic N) is 2. The Morgan fingerprint density at radius 2 is 1.41 bits per heavy atom. The van der Waals surface area contributed by atoms with Crippen molar-refractivity contribution in [2.45, 2.75) is 6.42 Å². The van der Waals surface area contributed by atoms with E-state index in [2.05, 4.69) is 0 Å². The van der Waals surface area contributed by atoms with Crippen LogP contribution in [-0.2, 0) is 20.7 Å². The normalized spacial score (nSPS) is 19.1. The topological polar surface area (TPSA) is 112 Å². The third-order valence-corrected chi connectivity index (χ3v) is 6.82. The summed E-state index contributed by atoms with van der Waals surface area (Å²) in [5.41, 5.74) is 1.60. The highest BCUT2D eigenvalue weighted by Gasteiger charge is 2.49. The Hall–Kier alpha value is -4.08. The molecular formula is C24H22N2O8. The molecule has 0 spiro atoms. The summed E-state index contributed by atoms with van der Waals surface area (Å²) < 4.78 is 22.9. The predicted molar refractivity (Wildman–Crippen MR) is 119 cm³/mol. The van der Waals surface area contributed by atoms with E-state index in [1.807, 2.05) is 0 Å². The lowest BCUT2D eigenvalue weighted by Crippen LogP contribution is -2.26. The molecule has 3 aliphatic rings. The van der Waals surface area contributed by atoms with Gasteiger partial charge in [-0.3, -0.25) is 29.0 Å². The molecule has 34 heavy (non-hydrogen) atoms. The molecule has 2 aromatic carbocycles. The fourth-order valence-electron chi connectivity index (χ4n) is 5.28. The van der Waals surface area contributed by atoms with Crippen LogP contribution in [0.5, 0.6) is 17.2 Å². The predicted octanol–water partition coefficient (Wildman–Crippen LogP) is 1.62. The van der Waals surface area contributed by atoms with E-state index >= 15 is 0 Å². The first-order valence-corrected chi connectivity index (χ1v) is 10.5. The zero-order valence-corrected chi connectivity index (χ0v) is 19.5. The van der Waals surface area contributed by atoms with Gasteiger partial charge in [0.25, 0.3) is 17.7 Å². The largest absolute Gasteiger partial charge is 0.496 e. The van der Waals surface area contributed by atoms with Crippen molar-refractivity contribution in [3.63, 3.8) is 0 Å². The van der Waals surface area contributed by atoms with Crippen molar-refractivity contribution in [2.24, 2.45) is 5.92 Å². The minimum Gasteiger partial charge on any atom is -0.496 e. The maximum Gasteiger partial charge on any atom is 0.265 e. The highest BCUT2D eigenvalue weighted by Crippen LogP contribution is 2.54. The second-order valence-electron chi connectivity index (χ2n) is 8.25. The van der Waals surface area contributed by atoms with Crippen molar-refractivity contribution in [2.75, 3.05) is 42.5 Å². The second-order valence-corrected chi connectivity index (χ2v) is 8.25. The van der Waals surface area contributed by atoms with Crippen LogP contribution in [0.25, 0.3) is 16.5 Å². The Labute approximate surface area is 194 Å². The number of imide groups is 2. The highest BCUT2D eigenvalue weighted by atomic mass is 16.5. The SMILES string of the molecule is COC1=C2C(=O)N(C)C(=O)C2Cc2c1c(OC)c1cc3c(c(OC)c1c2OC)C(=O)N(C)C3=O. The number of rotatable bonds is 4. The summed E-state index contributed by atoms with van der Waals surface area (Å²) in [5.74, 6) is -1.43. The molecule has 0 aromatic heterocycles. The van der Waals surface area contributed by atoms with Crippen molar-refractivity contribution < 1.29 is 38.1 Å². The van der Waals surface area contributed by atoms with Crippen molar-refractivity contribution >= 4 is 40.2 Å². The van der Waals surface area contributed by atoms with E-state index in [4.69, 9.17) is 18.9 Å². The lowest BCUT2D eigenvalue weighted by molar-refractivity contribution is -0.137. The Morgan fingerprint density at radius 1 is 0.765 bits per heavy atom. The maximum atomic E-state index is 12.9. The minimum atomic E-state index is -0.745. The van der Waals surface area contributed by atoms with Gasteiger partial charge in [-0.25, -0.2) is 0 Å². The molecule has 176 valence electrons. The monoisotopic (exact) mass is 466 g/mol. The summed E-state index contributed by atoms with van der Waals surface area (Å²) in [7, 11) is 8.58. The van der Waals surface area contributed by atoms with Gasteiger partial charge in [-0.05, 0) is 12.5 Å². The van der Waals surface area contributed by atoms with Crippen LogP contribution in [0, 0.1) is 5.92 Å². The van der Waals surface area contributed by atoms with Crippen LogP contribution >= 0.6 is 0 Å². The number of fused-ring (bicyclic) bond motifs is 4. The van der Waals surface area contributed by atoms with E-state index < -0.39 is 23.6 Å². The molecule has 4 amide bonds. The van der Waals surface area contributed by atoms with Gasteiger partial charge in [0.1, 0.15) is 23.0 Å². The highest BCUT2D eigenvalue weighted by molar-refractivity contribution is 6.26. The van der Waals surface area contributed by atoms with Crippen molar-refractivity contribution in [3.05, 3.63) is 33.9 Å². The van der Waals surface area contributed by atoms with Gasteiger partial charge >= 0.3 is 0 Å². The molecule has 2 heterocycles. The summed E-state index contributed by atoms with van der Waals surface area (Å²) in [6.45, 7) is 0. The fraction of sp³-hybridized carbons (Fsp3) is 0.333. The lowest BCUT2D eigenvalue weighted by Gasteiger charge is -2.28. The Bertz CT molecular complexity index is 1390. The number of carbonyl (C=O) groups excluding carboxylic acids is 4. The molecule has 0 saturated carbocycles. The average Bonchev–Trinajstić information content (AvgIpc) is 3.19. The number of ether oxygens (including phenoxy) is 4. The minimum absolute atomic E-state index is 0.133. The molecule has 1 atom stereocenters. The molecular weight excluding hydrogens is 444 g/mol. The Balaban J connectivity index is 1.98. The van der Waals surface area contributed by atoms with Crippen molar-refractivity contribution in [3.8, 4) is 17.2 Å². The zero-order chi connectivity index (χ0) is 24.6. The quantitative estimate of drug-likeness (QED) is 0.625. The molecule has 10 nitrogen and oxygen atoms in total. The number of hydrogen-bond acceptors (Lipinski definition) is 8.